The average molecular weight is 232 g/mol. The first-order valence-electron chi connectivity index (χ1n) is 4.68. The van der Waals surface area contributed by atoms with Crippen LogP contribution in [0.4, 0.5) is 0 Å². The average Bonchev–Trinajstić information content (AvgIpc) is 2.67. The van der Waals surface area contributed by atoms with Crippen LogP contribution in [0.3, 0.4) is 0 Å². The molecule has 16 heavy (non-hydrogen) atoms. The second-order valence-electron chi connectivity index (χ2n) is 3.58. The molecule has 8 nitrogen and oxygen atoms in total. The zero-order valence-electron chi connectivity index (χ0n) is 8.39. The number of nitrogens with zero attached hydrogens (tertiary/aromatic N) is 2. The van der Waals surface area contributed by atoms with Crippen LogP contribution >= 0.6 is 0 Å². The molecule has 8 heteroatoms. The summed E-state index contributed by atoms with van der Waals surface area (Å²) in [5.41, 5.74) is 0. The Bertz CT molecular complexity index is 369. The molecule has 4 N–H and O–H groups in total. The number of hydrogen-bond acceptors (Lipinski definition) is 8. The Morgan fingerprint density at radius 2 is 1.69 bits per heavy atom. The monoisotopic (exact) mass is 232 g/mol. The van der Waals surface area contributed by atoms with Crippen molar-refractivity contribution in [2.45, 2.75) is 37.6 Å². The molecule has 0 amide bonds. The Morgan fingerprint density at radius 1 is 1.00 bits per heavy atom. The molecule has 0 saturated carbocycles. The SMILES string of the molecule is Cc1nnc(C2OC(O)[C@H](O)[C@@H](O)[C@@H]2O)o1. The summed E-state index contributed by atoms with van der Waals surface area (Å²) in [6, 6.07) is 0. The maximum atomic E-state index is 9.61. The fraction of sp³-hybridized carbons (Fsp3) is 0.750. The highest BCUT2D eigenvalue weighted by Crippen LogP contribution is 2.30. The van der Waals surface area contributed by atoms with E-state index < -0.39 is 30.7 Å². The summed E-state index contributed by atoms with van der Waals surface area (Å²) in [4.78, 5) is 0. The summed E-state index contributed by atoms with van der Waals surface area (Å²) in [5, 5.41) is 44.7. The van der Waals surface area contributed by atoms with E-state index in [4.69, 9.17) is 9.15 Å². The van der Waals surface area contributed by atoms with Crippen LogP contribution < -0.4 is 0 Å². The van der Waals surface area contributed by atoms with Crippen LogP contribution in [0.2, 0.25) is 0 Å². The lowest BCUT2D eigenvalue weighted by Crippen LogP contribution is -2.54. The molecule has 1 aliphatic heterocycles. The summed E-state index contributed by atoms with van der Waals surface area (Å²) < 4.78 is 9.89. The predicted molar refractivity (Wildman–Crippen MR) is 46.9 cm³/mol. The Labute approximate surface area is 90.1 Å². The molecule has 0 aliphatic carbocycles. The van der Waals surface area contributed by atoms with E-state index in [1.54, 1.807) is 6.92 Å². The van der Waals surface area contributed by atoms with Crippen molar-refractivity contribution in [2.24, 2.45) is 0 Å². The summed E-state index contributed by atoms with van der Waals surface area (Å²) in [6.07, 6.45) is -7.33. The molecule has 1 aliphatic rings. The molecule has 0 spiro atoms. The van der Waals surface area contributed by atoms with E-state index in [1.165, 1.54) is 0 Å². The number of aryl methyl sites for hydroxylation is 1. The normalized spacial score (nSPS) is 39.9. The Hall–Kier alpha value is -1.06. The number of aliphatic hydroxyl groups is 4. The smallest absolute Gasteiger partial charge is 0.248 e. The number of hydrogen-bond donors (Lipinski definition) is 4. The molecular weight excluding hydrogens is 220 g/mol. The van der Waals surface area contributed by atoms with E-state index in [2.05, 4.69) is 10.2 Å². The van der Waals surface area contributed by atoms with Crippen molar-refractivity contribution in [3.05, 3.63) is 11.8 Å². The zero-order valence-corrected chi connectivity index (χ0v) is 8.39. The van der Waals surface area contributed by atoms with Gasteiger partial charge in [0.25, 0.3) is 0 Å². The van der Waals surface area contributed by atoms with E-state index in [0.717, 1.165) is 0 Å². The summed E-state index contributed by atoms with van der Waals surface area (Å²) in [5.74, 6) is 0.205. The second kappa shape index (κ2) is 4.07. The van der Waals surface area contributed by atoms with Crippen LogP contribution in [-0.4, -0.2) is 55.2 Å². The highest BCUT2D eigenvalue weighted by atomic mass is 16.6. The van der Waals surface area contributed by atoms with Crippen LogP contribution in [0.15, 0.2) is 4.42 Å². The summed E-state index contributed by atoms with van der Waals surface area (Å²) in [7, 11) is 0. The third-order valence-corrected chi connectivity index (χ3v) is 2.37. The predicted octanol–water partition coefficient (Wildman–Crippen LogP) is -2.15. The van der Waals surface area contributed by atoms with Gasteiger partial charge in [0.05, 0.1) is 0 Å². The quantitative estimate of drug-likeness (QED) is 0.431. The largest absolute Gasteiger partial charge is 0.423 e. The Balaban J connectivity index is 2.22. The lowest BCUT2D eigenvalue weighted by atomic mass is 9.99. The van der Waals surface area contributed by atoms with Crippen LogP contribution in [0.5, 0.6) is 0 Å². The first-order chi connectivity index (χ1) is 7.50. The molecule has 1 aromatic heterocycles. The number of aliphatic hydroxyl groups excluding tert-OH is 4. The van der Waals surface area contributed by atoms with E-state index in [0.29, 0.717) is 0 Å². The molecule has 0 aromatic carbocycles. The van der Waals surface area contributed by atoms with Crippen molar-refractivity contribution in [2.75, 3.05) is 0 Å². The van der Waals surface area contributed by atoms with Crippen LogP contribution in [-0.2, 0) is 4.74 Å². The van der Waals surface area contributed by atoms with Gasteiger partial charge >= 0.3 is 0 Å². The van der Waals surface area contributed by atoms with E-state index >= 15 is 0 Å². The van der Waals surface area contributed by atoms with Crippen molar-refractivity contribution >= 4 is 0 Å². The maximum Gasteiger partial charge on any atom is 0.248 e. The van der Waals surface area contributed by atoms with Crippen molar-refractivity contribution in [3.8, 4) is 0 Å². The van der Waals surface area contributed by atoms with Gasteiger partial charge in [-0.05, 0) is 0 Å². The topological polar surface area (TPSA) is 129 Å². The van der Waals surface area contributed by atoms with Gasteiger partial charge in [0.15, 0.2) is 12.4 Å². The molecule has 0 bridgehead atoms. The molecular formula is C8H12N2O6. The fourth-order valence-electron chi connectivity index (χ4n) is 1.49. The molecule has 90 valence electrons. The van der Waals surface area contributed by atoms with E-state index in [9.17, 15) is 20.4 Å². The van der Waals surface area contributed by atoms with Gasteiger partial charge in [-0.3, -0.25) is 0 Å². The zero-order chi connectivity index (χ0) is 11.9. The highest BCUT2D eigenvalue weighted by molar-refractivity contribution is 4.97. The van der Waals surface area contributed by atoms with E-state index in [-0.39, 0.29) is 11.8 Å². The van der Waals surface area contributed by atoms with Gasteiger partial charge in [-0.25, -0.2) is 0 Å². The van der Waals surface area contributed by atoms with Crippen molar-refractivity contribution in [1.29, 1.82) is 0 Å². The van der Waals surface area contributed by atoms with Crippen LogP contribution in [0, 0.1) is 6.92 Å². The van der Waals surface area contributed by atoms with Crippen LogP contribution in [0.25, 0.3) is 0 Å². The third-order valence-electron chi connectivity index (χ3n) is 2.37. The molecule has 1 fully saturated rings. The molecule has 5 atom stereocenters. The van der Waals surface area contributed by atoms with E-state index in [1.807, 2.05) is 0 Å². The maximum absolute atomic E-state index is 9.61. The lowest BCUT2D eigenvalue weighted by Gasteiger charge is -2.36. The molecule has 1 aromatic rings. The van der Waals surface area contributed by atoms with Gasteiger partial charge in [0.1, 0.15) is 18.3 Å². The number of ether oxygens (including phenoxy) is 1. The van der Waals surface area contributed by atoms with Gasteiger partial charge in [0, 0.05) is 6.92 Å². The standard InChI is InChI=1S/C8H12N2O6/c1-2-9-10-7(15-2)6-4(12)3(11)5(13)8(14)16-6/h3-6,8,11-14H,1H3/t3-,4-,5+,6?,8?/m0/s1. The number of rotatable bonds is 1. The van der Waals surface area contributed by atoms with Gasteiger partial charge in [-0.1, -0.05) is 0 Å². The first kappa shape index (κ1) is 11.4. The third kappa shape index (κ3) is 1.81. The van der Waals surface area contributed by atoms with Crippen molar-refractivity contribution in [3.63, 3.8) is 0 Å². The number of aromatic nitrogens is 2. The molecule has 2 unspecified atom stereocenters. The molecule has 2 heterocycles. The Morgan fingerprint density at radius 3 is 2.25 bits per heavy atom. The van der Waals surface area contributed by atoms with Gasteiger partial charge in [-0.2, -0.15) is 0 Å². The minimum absolute atomic E-state index is 0.0602. The minimum Gasteiger partial charge on any atom is -0.423 e. The molecule has 2 rings (SSSR count). The minimum atomic E-state index is -1.62. The lowest BCUT2D eigenvalue weighted by molar-refractivity contribution is -0.288. The van der Waals surface area contributed by atoms with Gasteiger partial charge in [-0.15, -0.1) is 10.2 Å². The molecule has 1 saturated heterocycles. The van der Waals surface area contributed by atoms with Gasteiger partial charge in [0.2, 0.25) is 11.8 Å². The summed E-state index contributed by atoms with van der Waals surface area (Å²) >= 11 is 0. The first-order valence-corrected chi connectivity index (χ1v) is 4.68. The second-order valence-corrected chi connectivity index (χ2v) is 3.58. The summed E-state index contributed by atoms with van der Waals surface area (Å²) in [6.45, 7) is 1.55. The van der Waals surface area contributed by atoms with Crippen LogP contribution in [0.1, 0.15) is 17.9 Å². The Kier molecular flexibility index (Phi) is 2.91. The van der Waals surface area contributed by atoms with Gasteiger partial charge < -0.3 is 29.6 Å². The van der Waals surface area contributed by atoms with Crippen molar-refractivity contribution < 1.29 is 29.6 Å². The highest BCUT2D eigenvalue weighted by Gasteiger charge is 2.45. The molecule has 0 radical (unpaired) electrons. The van der Waals surface area contributed by atoms with Crippen molar-refractivity contribution in [1.82, 2.24) is 10.2 Å². The fourth-order valence-corrected chi connectivity index (χ4v) is 1.49.